The molecule has 1 fully saturated rings. The van der Waals surface area contributed by atoms with E-state index in [1.807, 2.05) is 6.21 Å². The van der Waals surface area contributed by atoms with E-state index in [1.54, 1.807) is 6.20 Å². The van der Waals surface area contributed by atoms with Gasteiger partial charge in [0.1, 0.15) is 0 Å². The predicted octanol–water partition coefficient (Wildman–Crippen LogP) is 1.65. The maximum absolute atomic E-state index is 5.55. The van der Waals surface area contributed by atoms with Crippen molar-refractivity contribution >= 4 is 6.21 Å². The second-order valence-electron chi connectivity index (χ2n) is 4.63. The number of aliphatic imine (C=N–C) groups is 1. The lowest BCUT2D eigenvalue weighted by Gasteiger charge is -2.26. The van der Waals surface area contributed by atoms with Gasteiger partial charge in [0.05, 0.1) is 6.04 Å². The molecule has 0 aromatic carbocycles. The SMILES string of the molecule is CC(C)/C(C=NC1CCN(C)CC1)=C/N. The summed E-state index contributed by atoms with van der Waals surface area (Å²) in [7, 11) is 2.17. The van der Waals surface area contributed by atoms with Crippen LogP contribution in [-0.4, -0.2) is 37.3 Å². The van der Waals surface area contributed by atoms with E-state index in [4.69, 9.17) is 5.73 Å². The summed E-state index contributed by atoms with van der Waals surface area (Å²) in [6, 6.07) is 0.495. The summed E-state index contributed by atoms with van der Waals surface area (Å²) in [6.07, 6.45) is 5.97. The van der Waals surface area contributed by atoms with Crippen molar-refractivity contribution in [3.8, 4) is 0 Å². The lowest BCUT2D eigenvalue weighted by molar-refractivity contribution is 0.257. The molecule has 1 rings (SSSR count). The Morgan fingerprint density at radius 1 is 1.40 bits per heavy atom. The van der Waals surface area contributed by atoms with Crippen molar-refractivity contribution in [1.29, 1.82) is 0 Å². The molecule has 0 radical (unpaired) electrons. The molecule has 0 bridgehead atoms. The van der Waals surface area contributed by atoms with E-state index in [9.17, 15) is 0 Å². The summed E-state index contributed by atoms with van der Waals surface area (Å²) >= 11 is 0. The number of nitrogens with zero attached hydrogens (tertiary/aromatic N) is 2. The standard InChI is InChI=1S/C12H23N3/c1-10(2)11(8-13)9-14-12-4-6-15(3)7-5-12/h8-10,12H,4-7,13H2,1-3H3/b11-8+,14-9?. The highest BCUT2D eigenvalue weighted by atomic mass is 15.1. The van der Waals surface area contributed by atoms with Crippen LogP contribution in [0.3, 0.4) is 0 Å². The van der Waals surface area contributed by atoms with Crippen molar-refractivity contribution in [2.45, 2.75) is 32.7 Å². The van der Waals surface area contributed by atoms with Gasteiger partial charge in [0.25, 0.3) is 0 Å². The third-order valence-electron chi connectivity index (χ3n) is 2.98. The molecule has 1 aliphatic rings. The number of hydrogen-bond donors (Lipinski definition) is 1. The third kappa shape index (κ3) is 4.04. The zero-order chi connectivity index (χ0) is 11.3. The smallest absolute Gasteiger partial charge is 0.0524 e. The van der Waals surface area contributed by atoms with E-state index in [0.29, 0.717) is 12.0 Å². The Hall–Kier alpha value is -0.830. The zero-order valence-electron chi connectivity index (χ0n) is 10.1. The van der Waals surface area contributed by atoms with Gasteiger partial charge in [-0.2, -0.15) is 0 Å². The summed E-state index contributed by atoms with van der Waals surface area (Å²) in [6.45, 7) is 6.59. The van der Waals surface area contributed by atoms with Gasteiger partial charge in [-0.1, -0.05) is 13.8 Å². The molecular weight excluding hydrogens is 186 g/mol. The fourth-order valence-corrected chi connectivity index (χ4v) is 1.72. The molecule has 3 nitrogen and oxygen atoms in total. The summed E-state index contributed by atoms with van der Waals surface area (Å²) in [5.74, 6) is 0.463. The van der Waals surface area contributed by atoms with Gasteiger partial charge in [-0.15, -0.1) is 0 Å². The van der Waals surface area contributed by atoms with Crippen LogP contribution in [0, 0.1) is 5.92 Å². The lowest BCUT2D eigenvalue weighted by atomic mass is 10.0. The van der Waals surface area contributed by atoms with Crippen molar-refractivity contribution < 1.29 is 0 Å². The molecule has 1 aliphatic heterocycles. The largest absolute Gasteiger partial charge is 0.404 e. The first-order valence-corrected chi connectivity index (χ1v) is 5.77. The molecule has 0 amide bonds. The van der Waals surface area contributed by atoms with Crippen LogP contribution in [-0.2, 0) is 0 Å². The predicted molar refractivity (Wildman–Crippen MR) is 66.1 cm³/mol. The van der Waals surface area contributed by atoms with E-state index in [-0.39, 0.29) is 0 Å². The molecular formula is C12H23N3. The molecule has 1 heterocycles. The molecule has 0 aromatic heterocycles. The molecule has 0 atom stereocenters. The van der Waals surface area contributed by atoms with Crippen LogP contribution in [0.4, 0.5) is 0 Å². The van der Waals surface area contributed by atoms with Gasteiger partial charge in [-0.05, 0) is 50.7 Å². The van der Waals surface area contributed by atoms with Crippen LogP contribution < -0.4 is 5.73 Å². The van der Waals surface area contributed by atoms with E-state index in [1.165, 1.54) is 12.8 Å². The number of piperidine rings is 1. The van der Waals surface area contributed by atoms with Gasteiger partial charge in [-0.3, -0.25) is 4.99 Å². The molecule has 1 saturated heterocycles. The Bertz CT molecular complexity index is 235. The first-order chi connectivity index (χ1) is 7.13. The van der Waals surface area contributed by atoms with Crippen LogP contribution in [0.1, 0.15) is 26.7 Å². The molecule has 86 valence electrons. The second kappa shape index (κ2) is 5.91. The molecule has 0 aliphatic carbocycles. The van der Waals surface area contributed by atoms with Gasteiger partial charge in [-0.25, -0.2) is 0 Å². The molecule has 0 spiro atoms. The number of rotatable bonds is 3. The molecule has 0 aromatic rings. The van der Waals surface area contributed by atoms with E-state index < -0.39 is 0 Å². The maximum atomic E-state index is 5.55. The molecule has 2 N–H and O–H groups in total. The van der Waals surface area contributed by atoms with Crippen LogP contribution >= 0.6 is 0 Å². The molecule has 3 heteroatoms. The van der Waals surface area contributed by atoms with Crippen molar-refractivity contribution in [2.24, 2.45) is 16.6 Å². The quantitative estimate of drug-likeness (QED) is 0.718. The summed E-state index contributed by atoms with van der Waals surface area (Å²) in [4.78, 5) is 6.97. The Labute approximate surface area is 93.1 Å². The van der Waals surface area contributed by atoms with Gasteiger partial charge in [0.2, 0.25) is 0 Å². The highest BCUT2D eigenvalue weighted by Gasteiger charge is 2.14. The fraction of sp³-hybridized carbons (Fsp3) is 0.750. The molecule has 15 heavy (non-hydrogen) atoms. The first kappa shape index (κ1) is 12.2. The number of nitrogens with two attached hydrogens (primary N) is 1. The lowest BCUT2D eigenvalue weighted by Crippen LogP contribution is -2.32. The average molecular weight is 209 g/mol. The highest BCUT2D eigenvalue weighted by Crippen LogP contribution is 2.13. The minimum Gasteiger partial charge on any atom is -0.404 e. The van der Waals surface area contributed by atoms with Crippen LogP contribution in [0.25, 0.3) is 0 Å². The zero-order valence-corrected chi connectivity index (χ0v) is 10.1. The van der Waals surface area contributed by atoms with Crippen molar-refractivity contribution in [3.63, 3.8) is 0 Å². The van der Waals surface area contributed by atoms with Crippen LogP contribution in [0.2, 0.25) is 0 Å². The number of hydrogen-bond acceptors (Lipinski definition) is 3. The Morgan fingerprint density at radius 2 is 2.00 bits per heavy atom. The van der Waals surface area contributed by atoms with Crippen molar-refractivity contribution in [2.75, 3.05) is 20.1 Å². The fourth-order valence-electron chi connectivity index (χ4n) is 1.72. The minimum absolute atomic E-state index is 0.463. The summed E-state index contributed by atoms with van der Waals surface area (Å²) in [5, 5.41) is 0. The van der Waals surface area contributed by atoms with E-state index in [0.717, 1.165) is 18.7 Å². The first-order valence-electron chi connectivity index (χ1n) is 5.77. The Balaban J connectivity index is 2.43. The Morgan fingerprint density at radius 3 is 2.47 bits per heavy atom. The van der Waals surface area contributed by atoms with Gasteiger partial charge >= 0.3 is 0 Å². The highest BCUT2D eigenvalue weighted by molar-refractivity contribution is 5.78. The third-order valence-corrected chi connectivity index (χ3v) is 2.98. The Kier molecular flexibility index (Phi) is 4.82. The molecule has 0 unspecified atom stereocenters. The van der Waals surface area contributed by atoms with Gasteiger partial charge in [0, 0.05) is 6.21 Å². The van der Waals surface area contributed by atoms with E-state index in [2.05, 4.69) is 30.8 Å². The summed E-state index contributed by atoms with van der Waals surface area (Å²) in [5.41, 5.74) is 6.68. The van der Waals surface area contributed by atoms with Crippen molar-refractivity contribution in [1.82, 2.24) is 4.90 Å². The topological polar surface area (TPSA) is 41.6 Å². The maximum Gasteiger partial charge on any atom is 0.0524 e. The van der Waals surface area contributed by atoms with Crippen molar-refractivity contribution in [3.05, 3.63) is 11.8 Å². The van der Waals surface area contributed by atoms with Crippen LogP contribution in [0.5, 0.6) is 0 Å². The van der Waals surface area contributed by atoms with E-state index >= 15 is 0 Å². The van der Waals surface area contributed by atoms with Crippen LogP contribution in [0.15, 0.2) is 16.8 Å². The minimum atomic E-state index is 0.463. The number of allylic oxidation sites excluding steroid dienone is 1. The average Bonchev–Trinajstić information content (AvgIpc) is 2.21. The number of likely N-dealkylation sites (tertiary alicyclic amines) is 1. The van der Waals surface area contributed by atoms with Gasteiger partial charge in [0.15, 0.2) is 0 Å². The normalized spacial score (nSPS) is 21.7. The second-order valence-corrected chi connectivity index (χ2v) is 4.63. The summed E-state index contributed by atoms with van der Waals surface area (Å²) < 4.78 is 0. The molecule has 0 saturated carbocycles. The van der Waals surface area contributed by atoms with Gasteiger partial charge < -0.3 is 10.6 Å². The monoisotopic (exact) mass is 209 g/mol.